The van der Waals surface area contributed by atoms with Gasteiger partial charge in [0.15, 0.2) is 0 Å². The Hall–Kier alpha value is -0.366. The van der Waals surface area contributed by atoms with Crippen LogP contribution < -0.4 is 10.6 Å². The van der Waals surface area contributed by atoms with Gasteiger partial charge >= 0.3 is 28.7 Å². The maximum absolute atomic E-state index is 10.7. The Balaban J connectivity index is 0.00000139. The first-order valence-electron chi connectivity index (χ1n) is 7.76. The number of aryl methyl sites for hydroxylation is 1. The van der Waals surface area contributed by atoms with E-state index in [9.17, 15) is 5.11 Å². The fraction of sp³-hybridized carbons (Fsp3) is 0.368. The summed E-state index contributed by atoms with van der Waals surface area (Å²) >= 11 is 1.47. The Morgan fingerprint density at radius 3 is 2.33 bits per heavy atom. The van der Waals surface area contributed by atoms with E-state index in [0.717, 1.165) is 17.4 Å². The van der Waals surface area contributed by atoms with Crippen molar-refractivity contribution in [3.05, 3.63) is 58.4 Å². The van der Waals surface area contributed by atoms with Crippen molar-refractivity contribution in [3.63, 3.8) is 0 Å². The van der Waals surface area contributed by atoms with Gasteiger partial charge in [0.2, 0.25) is 0 Å². The molecule has 0 bridgehead atoms. The first-order chi connectivity index (χ1) is 11.3. The summed E-state index contributed by atoms with van der Waals surface area (Å²) in [6, 6.07) is 12.5. The minimum atomic E-state index is -0.0619. The van der Waals surface area contributed by atoms with Gasteiger partial charge in [0, 0.05) is 10.9 Å². The summed E-state index contributed by atoms with van der Waals surface area (Å²) in [5, 5.41) is 17.2. The van der Waals surface area contributed by atoms with Gasteiger partial charge in [0.1, 0.15) is 5.75 Å². The van der Waals surface area contributed by atoms with Crippen molar-refractivity contribution in [2.75, 3.05) is 7.05 Å². The van der Waals surface area contributed by atoms with E-state index in [1.165, 1.54) is 35.8 Å². The van der Waals surface area contributed by atoms with Gasteiger partial charge in [-0.25, -0.2) is 0 Å². The fourth-order valence-electron chi connectivity index (χ4n) is 2.54. The average Bonchev–Trinajstić information content (AvgIpc) is 2.53. The predicted molar refractivity (Wildman–Crippen MR) is 104 cm³/mol. The monoisotopic (exact) mass is 397 g/mol. The topological polar surface area (TPSA) is 34.3 Å². The van der Waals surface area contributed by atoms with E-state index in [2.05, 4.69) is 72.6 Å². The number of aromatic hydroxyl groups is 1. The molecule has 0 aliphatic heterocycles. The van der Waals surface area contributed by atoms with Crippen LogP contribution in [0.25, 0.3) is 5.32 Å². The number of hydrogen-bond donors (Lipinski definition) is 1. The first kappa shape index (κ1) is 21.7. The standard InChI is InChI=1S/C19H25NOP.ClH.Ti/c1-13-10-15(19(2,3)4)18(21)17(11-13)22-16-9-7-6-8-14(16)12-20-5;;/h6-11,21-22H,12H2,1-5H3;1H;/q-1;;+2/p-1. The molecule has 24 heavy (non-hydrogen) atoms. The molecule has 0 fully saturated rings. The van der Waals surface area contributed by atoms with Crippen molar-refractivity contribution in [3.8, 4) is 5.75 Å². The SMILES string of the molecule is C[N-]Cc1ccccc1Pc1cc(C)cc(C(C)(C)C)c1O.[Cl][Ti+]. The van der Waals surface area contributed by atoms with Crippen molar-refractivity contribution in [2.24, 2.45) is 0 Å². The number of nitrogens with zero attached hydrogens (tertiary/aromatic N) is 1. The van der Waals surface area contributed by atoms with Gasteiger partial charge in [-0.05, 0) is 29.3 Å². The third-order valence-electron chi connectivity index (χ3n) is 3.68. The normalized spacial score (nSPS) is 11.4. The van der Waals surface area contributed by atoms with Crippen LogP contribution >= 0.6 is 17.9 Å². The summed E-state index contributed by atoms with van der Waals surface area (Å²) in [6.07, 6.45) is 0. The van der Waals surface area contributed by atoms with E-state index in [-0.39, 0.29) is 5.41 Å². The zero-order valence-corrected chi connectivity index (χ0v) is 18.3. The molecule has 0 saturated heterocycles. The van der Waals surface area contributed by atoms with E-state index >= 15 is 0 Å². The Morgan fingerprint density at radius 2 is 1.75 bits per heavy atom. The predicted octanol–water partition coefficient (Wildman–Crippen LogP) is 4.82. The molecule has 1 unspecified atom stereocenters. The number of phenolic OH excluding ortho intramolecular Hbond substituents is 1. The summed E-state index contributed by atoms with van der Waals surface area (Å²) in [6.45, 7) is 9.23. The van der Waals surface area contributed by atoms with E-state index in [4.69, 9.17) is 0 Å². The van der Waals surface area contributed by atoms with Crippen LogP contribution in [0.5, 0.6) is 5.75 Å². The molecule has 128 valence electrons. The van der Waals surface area contributed by atoms with Gasteiger partial charge in [-0.3, -0.25) is 0 Å². The van der Waals surface area contributed by atoms with Gasteiger partial charge in [-0.1, -0.05) is 65.2 Å². The van der Waals surface area contributed by atoms with Crippen LogP contribution in [-0.4, -0.2) is 12.2 Å². The van der Waals surface area contributed by atoms with E-state index in [1.54, 1.807) is 0 Å². The van der Waals surface area contributed by atoms with Gasteiger partial charge < -0.3 is 10.4 Å². The second kappa shape index (κ2) is 9.95. The van der Waals surface area contributed by atoms with Crippen LogP contribution in [0.1, 0.15) is 37.5 Å². The number of benzene rings is 2. The van der Waals surface area contributed by atoms with E-state index in [1.807, 2.05) is 13.1 Å². The van der Waals surface area contributed by atoms with Crippen LogP contribution in [0.2, 0.25) is 0 Å². The average molecular weight is 398 g/mol. The van der Waals surface area contributed by atoms with Crippen molar-refractivity contribution >= 4 is 28.5 Å². The molecule has 0 aliphatic carbocycles. The van der Waals surface area contributed by atoms with Gasteiger partial charge in [-0.15, -0.1) is 6.54 Å². The molecule has 0 aromatic heterocycles. The first-order valence-corrected chi connectivity index (χ1v) is 10.9. The van der Waals surface area contributed by atoms with E-state index < -0.39 is 0 Å². The molecular formula is C19H25ClNOPTi. The zero-order chi connectivity index (χ0) is 18.3. The van der Waals surface area contributed by atoms with Gasteiger partial charge in [0.05, 0.1) is 0 Å². The van der Waals surface area contributed by atoms with Crippen molar-refractivity contribution in [2.45, 2.75) is 39.7 Å². The van der Waals surface area contributed by atoms with Gasteiger partial charge in [-0.2, -0.15) is 7.05 Å². The Kier molecular flexibility index (Phi) is 8.98. The molecule has 5 heteroatoms. The van der Waals surface area contributed by atoms with Crippen LogP contribution in [0.15, 0.2) is 36.4 Å². The Bertz CT molecular complexity index is 671. The third-order valence-corrected chi connectivity index (χ3v) is 5.09. The molecule has 0 spiro atoms. The molecule has 2 aromatic carbocycles. The van der Waals surface area contributed by atoms with E-state index in [0.29, 0.717) is 14.3 Å². The molecule has 0 heterocycles. The number of halogens is 1. The Labute approximate surface area is 163 Å². The number of hydrogen-bond acceptors (Lipinski definition) is 1. The second-order valence-corrected chi connectivity index (χ2v) is 8.04. The van der Waals surface area contributed by atoms with Gasteiger partial charge in [0.25, 0.3) is 0 Å². The summed E-state index contributed by atoms with van der Waals surface area (Å²) in [5.74, 6) is 0.444. The van der Waals surface area contributed by atoms with Crippen LogP contribution in [0, 0.1) is 6.92 Å². The minimum absolute atomic E-state index is 0.0619. The summed E-state index contributed by atoms with van der Waals surface area (Å²) in [7, 11) is 6.92. The van der Waals surface area contributed by atoms with Crippen molar-refractivity contribution < 1.29 is 24.5 Å². The van der Waals surface area contributed by atoms with Crippen LogP contribution in [0.3, 0.4) is 0 Å². The van der Waals surface area contributed by atoms with Crippen LogP contribution in [0.4, 0.5) is 0 Å². The molecule has 1 N–H and O–H groups in total. The second-order valence-electron chi connectivity index (χ2n) is 6.72. The maximum atomic E-state index is 10.7. The Morgan fingerprint density at radius 1 is 1.12 bits per heavy atom. The molecule has 1 atom stereocenters. The summed E-state index contributed by atoms with van der Waals surface area (Å²) < 4.78 is 0. The quantitative estimate of drug-likeness (QED) is 0.582. The molecular weight excluding hydrogens is 373 g/mol. The summed E-state index contributed by atoms with van der Waals surface area (Å²) in [5.41, 5.74) is 3.39. The molecule has 2 rings (SSSR count). The number of phenols is 1. The number of rotatable bonds is 4. The summed E-state index contributed by atoms with van der Waals surface area (Å²) in [4.78, 5) is 0. The van der Waals surface area contributed by atoms with Crippen molar-refractivity contribution in [1.82, 2.24) is 0 Å². The molecule has 0 amide bonds. The third kappa shape index (κ3) is 5.86. The molecule has 2 aromatic rings. The molecule has 0 radical (unpaired) electrons. The van der Waals surface area contributed by atoms with Crippen molar-refractivity contribution in [1.29, 1.82) is 0 Å². The zero-order valence-electron chi connectivity index (χ0n) is 14.9. The molecule has 2 nitrogen and oxygen atoms in total. The fourth-order valence-corrected chi connectivity index (χ4v) is 3.89. The molecule has 0 saturated carbocycles. The van der Waals surface area contributed by atoms with Crippen LogP contribution in [-0.2, 0) is 31.3 Å². The molecule has 0 aliphatic rings.